The average molecular weight is 461 g/mol. The summed E-state index contributed by atoms with van der Waals surface area (Å²) in [6, 6.07) is 15.2. The first-order chi connectivity index (χ1) is 16.3. The molecule has 1 N–H and O–H groups in total. The minimum atomic E-state index is -0.273. The zero-order valence-electron chi connectivity index (χ0n) is 20.5. The van der Waals surface area contributed by atoms with Crippen molar-refractivity contribution in [1.29, 1.82) is 0 Å². The lowest BCUT2D eigenvalue weighted by Gasteiger charge is -2.19. The molecule has 0 radical (unpaired) electrons. The number of aromatic nitrogens is 4. The number of carbonyl (C=O) groups excluding carboxylic acids is 1. The molecule has 4 rings (SSSR count). The van der Waals surface area contributed by atoms with Crippen molar-refractivity contribution in [3.8, 4) is 11.5 Å². The van der Waals surface area contributed by atoms with Crippen LogP contribution in [0.15, 0.2) is 53.1 Å². The number of anilines is 1. The van der Waals surface area contributed by atoms with Crippen LogP contribution in [0.2, 0.25) is 0 Å². The van der Waals surface area contributed by atoms with Crippen LogP contribution >= 0.6 is 0 Å². The van der Waals surface area contributed by atoms with Gasteiger partial charge >= 0.3 is 0 Å². The maximum Gasteiger partial charge on any atom is 0.258 e. The fourth-order valence-electron chi connectivity index (χ4n) is 3.85. The van der Waals surface area contributed by atoms with Gasteiger partial charge in [0.25, 0.3) is 11.8 Å². The van der Waals surface area contributed by atoms with Crippen molar-refractivity contribution in [2.75, 3.05) is 25.0 Å². The zero-order chi connectivity index (χ0) is 24.3. The van der Waals surface area contributed by atoms with Gasteiger partial charge in [-0.3, -0.25) is 10.1 Å². The summed E-state index contributed by atoms with van der Waals surface area (Å²) >= 11 is 0. The topological polar surface area (TPSA) is 89.1 Å². The van der Waals surface area contributed by atoms with E-state index in [-0.39, 0.29) is 11.3 Å². The van der Waals surface area contributed by atoms with Crippen molar-refractivity contribution in [2.24, 2.45) is 0 Å². The highest BCUT2D eigenvalue weighted by atomic mass is 16.5. The Morgan fingerprint density at radius 1 is 1.03 bits per heavy atom. The van der Waals surface area contributed by atoms with Crippen molar-refractivity contribution in [1.82, 2.24) is 24.6 Å². The number of hydrogen-bond acceptors (Lipinski definition) is 6. The summed E-state index contributed by atoms with van der Waals surface area (Å²) in [7, 11) is 0. The largest absolute Gasteiger partial charge is 0.334 e. The highest BCUT2D eigenvalue weighted by Gasteiger charge is 2.24. The molecule has 0 unspecified atom stereocenters. The Labute approximate surface area is 200 Å². The first-order valence-electron chi connectivity index (χ1n) is 11.7. The fraction of sp³-hybridized carbons (Fsp3) is 0.385. The third-order valence-corrected chi connectivity index (χ3v) is 5.91. The van der Waals surface area contributed by atoms with Gasteiger partial charge in [0.05, 0.1) is 22.2 Å². The first-order valence-corrected chi connectivity index (χ1v) is 11.7. The fourth-order valence-corrected chi connectivity index (χ4v) is 3.85. The number of benzene rings is 2. The predicted molar refractivity (Wildman–Crippen MR) is 134 cm³/mol. The summed E-state index contributed by atoms with van der Waals surface area (Å²) in [6.07, 6.45) is 0. The second kappa shape index (κ2) is 9.77. The highest BCUT2D eigenvalue weighted by Crippen LogP contribution is 2.27. The van der Waals surface area contributed by atoms with Gasteiger partial charge in [0.1, 0.15) is 0 Å². The van der Waals surface area contributed by atoms with Crippen LogP contribution in [0.25, 0.3) is 22.5 Å². The van der Waals surface area contributed by atoms with Gasteiger partial charge in [-0.2, -0.15) is 4.98 Å². The van der Waals surface area contributed by atoms with Crippen LogP contribution in [-0.4, -0.2) is 50.1 Å². The van der Waals surface area contributed by atoms with Gasteiger partial charge in [-0.05, 0) is 37.4 Å². The Bertz CT molecular complexity index is 1280. The SMILES string of the molecule is CCN(CC)CCn1c(NC(=O)c2ccccc2-c2nc(C(C)(C)C)no2)nc2ccccc21. The molecule has 4 aromatic rings. The van der Waals surface area contributed by atoms with Gasteiger partial charge in [-0.15, -0.1) is 0 Å². The van der Waals surface area contributed by atoms with Crippen molar-refractivity contribution < 1.29 is 9.32 Å². The minimum absolute atomic E-state index is 0.255. The van der Waals surface area contributed by atoms with Crippen molar-refractivity contribution in [2.45, 2.75) is 46.6 Å². The molecule has 34 heavy (non-hydrogen) atoms. The van der Waals surface area contributed by atoms with Gasteiger partial charge in [-0.25, -0.2) is 4.98 Å². The van der Waals surface area contributed by atoms with Crippen molar-refractivity contribution in [3.05, 3.63) is 59.9 Å². The van der Waals surface area contributed by atoms with Crippen molar-refractivity contribution in [3.63, 3.8) is 0 Å². The first kappa shape index (κ1) is 23.6. The maximum atomic E-state index is 13.4. The molecule has 0 spiro atoms. The zero-order valence-corrected chi connectivity index (χ0v) is 20.5. The van der Waals surface area contributed by atoms with E-state index >= 15 is 0 Å². The third kappa shape index (κ3) is 4.87. The standard InChI is InChI=1S/C26H32N6O2/c1-6-31(7-2)16-17-32-21-15-11-10-14-20(21)27-25(32)28-22(33)18-12-8-9-13-19(18)23-29-24(30-34-23)26(3,4)5/h8-15H,6-7,16-17H2,1-5H3,(H,27,28,33). The van der Waals surface area contributed by atoms with Gasteiger partial charge in [-0.1, -0.05) is 64.0 Å². The van der Waals surface area contributed by atoms with Gasteiger partial charge in [0.2, 0.25) is 5.95 Å². The molecular formula is C26H32N6O2. The molecule has 2 aromatic heterocycles. The summed E-state index contributed by atoms with van der Waals surface area (Å²) in [6.45, 7) is 13.9. The van der Waals surface area contributed by atoms with E-state index in [1.54, 1.807) is 6.07 Å². The molecule has 1 amide bonds. The van der Waals surface area contributed by atoms with Crippen LogP contribution < -0.4 is 5.32 Å². The molecule has 0 saturated carbocycles. The van der Waals surface area contributed by atoms with E-state index in [1.807, 2.05) is 63.2 Å². The molecular weight excluding hydrogens is 428 g/mol. The normalized spacial score (nSPS) is 11.9. The summed E-state index contributed by atoms with van der Waals surface area (Å²) < 4.78 is 7.58. The summed E-state index contributed by atoms with van der Waals surface area (Å²) in [4.78, 5) is 25.0. The molecule has 178 valence electrons. The number of likely N-dealkylation sites (N-methyl/N-ethyl adjacent to an activating group) is 1. The number of amides is 1. The highest BCUT2D eigenvalue weighted by molar-refractivity contribution is 6.08. The van der Waals surface area contributed by atoms with E-state index in [4.69, 9.17) is 9.51 Å². The Balaban J connectivity index is 1.66. The van der Waals surface area contributed by atoms with Crippen LogP contribution in [0.4, 0.5) is 5.95 Å². The van der Waals surface area contributed by atoms with Crippen molar-refractivity contribution >= 4 is 22.9 Å². The third-order valence-electron chi connectivity index (χ3n) is 5.91. The van der Waals surface area contributed by atoms with Crippen LogP contribution in [0, 0.1) is 0 Å². The van der Waals surface area contributed by atoms with E-state index in [0.29, 0.717) is 28.8 Å². The molecule has 2 aromatic carbocycles. The van der Waals surface area contributed by atoms with E-state index in [2.05, 4.69) is 38.8 Å². The molecule has 0 atom stereocenters. The number of imidazole rings is 1. The predicted octanol–water partition coefficient (Wildman–Crippen LogP) is 4.98. The summed E-state index contributed by atoms with van der Waals surface area (Å²) in [5.41, 5.74) is 2.62. The molecule has 0 fully saturated rings. The van der Waals surface area contributed by atoms with Crippen LogP contribution in [0.3, 0.4) is 0 Å². The molecule has 0 aliphatic carbocycles. The monoisotopic (exact) mass is 460 g/mol. The molecule has 8 heteroatoms. The smallest absolute Gasteiger partial charge is 0.258 e. The molecule has 0 aliphatic rings. The number of fused-ring (bicyclic) bond motifs is 1. The Kier molecular flexibility index (Phi) is 6.79. The summed E-state index contributed by atoms with van der Waals surface area (Å²) in [5, 5.41) is 7.14. The Morgan fingerprint density at radius 3 is 2.44 bits per heavy atom. The van der Waals surface area contributed by atoms with Crippen LogP contribution in [-0.2, 0) is 12.0 Å². The molecule has 8 nitrogen and oxygen atoms in total. The molecule has 2 heterocycles. The second-order valence-electron chi connectivity index (χ2n) is 9.28. The number of para-hydroxylation sites is 2. The lowest BCUT2D eigenvalue weighted by molar-refractivity contribution is 0.102. The maximum absolute atomic E-state index is 13.4. The molecule has 0 bridgehead atoms. The van der Waals surface area contributed by atoms with Crippen LogP contribution in [0.1, 0.15) is 50.8 Å². The van der Waals surface area contributed by atoms with E-state index < -0.39 is 0 Å². The molecule has 0 aliphatic heterocycles. The van der Waals surface area contributed by atoms with E-state index in [1.165, 1.54) is 0 Å². The Morgan fingerprint density at radius 2 is 1.74 bits per heavy atom. The minimum Gasteiger partial charge on any atom is -0.334 e. The molecule has 0 saturated heterocycles. The van der Waals surface area contributed by atoms with Gasteiger partial charge in [0.15, 0.2) is 5.82 Å². The van der Waals surface area contributed by atoms with Gasteiger partial charge < -0.3 is 14.0 Å². The number of rotatable bonds is 8. The van der Waals surface area contributed by atoms with E-state index in [9.17, 15) is 4.79 Å². The Hall–Kier alpha value is -3.52. The lowest BCUT2D eigenvalue weighted by Crippen LogP contribution is -2.27. The number of nitrogens with zero attached hydrogens (tertiary/aromatic N) is 5. The number of carbonyl (C=O) groups is 1. The number of hydrogen-bond donors (Lipinski definition) is 1. The quantitative estimate of drug-likeness (QED) is 0.399. The lowest BCUT2D eigenvalue weighted by atomic mass is 9.96. The van der Waals surface area contributed by atoms with Gasteiger partial charge in [0, 0.05) is 18.5 Å². The average Bonchev–Trinajstić information content (AvgIpc) is 3.45. The second-order valence-corrected chi connectivity index (χ2v) is 9.28. The van der Waals surface area contributed by atoms with E-state index in [0.717, 1.165) is 37.2 Å². The van der Waals surface area contributed by atoms with Crippen LogP contribution in [0.5, 0.6) is 0 Å². The summed E-state index contributed by atoms with van der Waals surface area (Å²) in [5.74, 6) is 1.17. The number of nitrogens with one attached hydrogen (secondary N) is 1.